The van der Waals surface area contributed by atoms with Crippen molar-refractivity contribution in [2.24, 2.45) is 5.41 Å². The standard InChI is InChI=1S/C12H16N2O/c1-12(2,8-15)7-11-9-5-3-4-6-10(9)13-14-11/h3-6,15H,7-8H2,1-2H3,(H,13,14). The number of nitrogens with one attached hydrogen (secondary N) is 1. The Hall–Kier alpha value is -1.35. The molecule has 0 aliphatic rings. The zero-order valence-electron chi connectivity index (χ0n) is 9.12. The molecule has 1 aromatic carbocycles. The van der Waals surface area contributed by atoms with E-state index in [-0.39, 0.29) is 12.0 Å². The normalized spacial score (nSPS) is 12.2. The van der Waals surface area contributed by atoms with Gasteiger partial charge in [-0.15, -0.1) is 0 Å². The van der Waals surface area contributed by atoms with Crippen LogP contribution in [0.1, 0.15) is 19.5 Å². The smallest absolute Gasteiger partial charge is 0.0923 e. The van der Waals surface area contributed by atoms with E-state index in [2.05, 4.69) is 16.3 Å². The van der Waals surface area contributed by atoms with Crippen molar-refractivity contribution in [3.05, 3.63) is 30.0 Å². The minimum absolute atomic E-state index is 0.102. The molecule has 0 aliphatic heterocycles. The summed E-state index contributed by atoms with van der Waals surface area (Å²) in [6.45, 7) is 4.27. The molecule has 0 saturated carbocycles. The van der Waals surface area contributed by atoms with Crippen molar-refractivity contribution in [1.82, 2.24) is 10.2 Å². The van der Waals surface area contributed by atoms with Gasteiger partial charge in [-0.2, -0.15) is 5.10 Å². The quantitative estimate of drug-likeness (QED) is 0.804. The first-order valence-electron chi connectivity index (χ1n) is 5.15. The second-order valence-corrected chi connectivity index (χ2v) is 4.72. The Morgan fingerprint density at radius 3 is 2.80 bits per heavy atom. The van der Waals surface area contributed by atoms with E-state index in [1.165, 1.54) is 0 Å². The molecule has 80 valence electrons. The van der Waals surface area contributed by atoms with Crippen LogP contribution in [-0.2, 0) is 6.42 Å². The van der Waals surface area contributed by atoms with Crippen LogP contribution in [0.5, 0.6) is 0 Å². The fourth-order valence-corrected chi connectivity index (χ4v) is 1.68. The predicted octanol–water partition coefficient (Wildman–Crippen LogP) is 2.12. The first-order chi connectivity index (χ1) is 7.12. The Kier molecular flexibility index (Phi) is 2.49. The monoisotopic (exact) mass is 204 g/mol. The lowest BCUT2D eigenvalue weighted by atomic mass is 9.88. The highest BCUT2D eigenvalue weighted by Crippen LogP contribution is 2.24. The number of rotatable bonds is 3. The lowest BCUT2D eigenvalue weighted by Crippen LogP contribution is -2.20. The van der Waals surface area contributed by atoms with Crippen LogP contribution in [0.2, 0.25) is 0 Å². The van der Waals surface area contributed by atoms with Gasteiger partial charge in [0, 0.05) is 17.7 Å². The molecule has 0 spiro atoms. The van der Waals surface area contributed by atoms with E-state index in [9.17, 15) is 5.11 Å². The number of para-hydroxylation sites is 1. The molecule has 0 aliphatic carbocycles. The van der Waals surface area contributed by atoms with Crippen LogP contribution in [0.3, 0.4) is 0 Å². The molecule has 0 atom stereocenters. The zero-order chi connectivity index (χ0) is 10.9. The van der Waals surface area contributed by atoms with Crippen LogP contribution in [0.4, 0.5) is 0 Å². The maximum Gasteiger partial charge on any atom is 0.0923 e. The second-order valence-electron chi connectivity index (χ2n) is 4.72. The molecule has 1 aromatic heterocycles. The zero-order valence-corrected chi connectivity index (χ0v) is 9.12. The van der Waals surface area contributed by atoms with Gasteiger partial charge in [0.15, 0.2) is 0 Å². The summed E-state index contributed by atoms with van der Waals surface area (Å²) in [4.78, 5) is 0. The van der Waals surface area contributed by atoms with Crippen molar-refractivity contribution in [1.29, 1.82) is 0 Å². The van der Waals surface area contributed by atoms with Crippen molar-refractivity contribution in [2.45, 2.75) is 20.3 Å². The summed E-state index contributed by atoms with van der Waals surface area (Å²) in [7, 11) is 0. The van der Waals surface area contributed by atoms with E-state index in [4.69, 9.17) is 0 Å². The summed E-state index contributed by atoms with van der Waals surface area (Å²) in [5.41, 5.74) is 1.99. The van der Waals surface area contributed by atoms with E-state index in [0.717, 1.165) is 23.0 Å². The van der Waals surface area contributed by atoms with Crippen LogP contribution in [0.25, 0.3) is 10.9 Å². The summed E-state index contributed by atoms with van der Waals surface area (Å²) in [6, 6.07) is 8.03. The molecule has 2 rings (SSSR count). The van der Waals surface area contributed by atoms with Gasteiger partial charge in [-0.05, 0) is 17.9 Å². The lowest BCUT2D eigenvalue weighted by molar-refractivity contribution is 0.159. The molecule has 0 fully saturated rings. The lowest BCUT2D eigenvalue weighted by Gasteiger charge is -2.20. The number of nitrogens with zero attached hydrogens (tertiary/aromatic N) is 1. The van der Waals surface area contributed by atoms with Crippen LogP contribution in [0.15, 0.2) is 24.3 Å². The minimum atomic E-state index is -0.102. The molecule has 0 radical (unpaired) electrons. The van der Waals surface area contributed by atoms with Crippen LogP contribution >= 0.6 is 0 Å². The van der Waals surface area contributed by atoms with Gasteiger partial charge in [-0.1, -0.05) is 32.0 Å². The Morgan fingerprint density at radius 2 is 2.07 bits per heavy atom. The average Bonchev–Trinajstić information content (AvgIpc) is 2.62. The largest absolute Gasteiger partial charge is 0.396 e. The molecular formula is C12H16N2O. The highest BCUT2D eigenvalue weighted by atomic mass is 16.3. The SMILES string of the molecule is CC(C)(CO)Cc1[nH]nc2ccccc12. The average molecular weight is 204 g/mol. The molecule has 2 N–H and O–H groups in total. The molecule has 0 unspecified atom stereocenters. The number of hydrogen-bond donors (Lipinski definition) is 2. The van der Waals surface area contributed by atoms with Gasteiger partial charge >= 0.3 is 0 Å². The number of aromatic nitrogens is 2. The van der Waals surface area contributed by atoms with Crippen LogP contribution < -0.4 is 0 Å². The predicted molar refractivity (Wildman–Crippen MR) is 60.7 cm³/mol. The maximum atomic E-state index is 9.23. The van der Waals surface area contributed by atoms with Crippen molar-refractivity contribution in [3.8, 4) is 0 Å². The Bertz CT molecular complexity index is 459. The van der Waals surface area contributed by atoms with Crippen LogP contribution in [-0.4, -0.2) is 21.9 Å². The molecule has 15 heavy (non-hydrogen) atoms. The molecule has 0 bridgehead atoms. The highest BCUT2D eigenvalue weighted by Gasteiger charge is 2.19. The molecule has 3 heteroatoms. The number of aliphatic hydroxyl groups is 1. The number of fused-ring (bicyclic) bond motifs is 1. The summed E-state index contributed by atoms with van der Waals surface area (Å²) in [5.74, 6) is 0. The second kappa shape index (κ2) is 3.66. The van der Waals surface area contributed by atoms with Gasteiger partial charge in [0.2, 0.25) is 0 Å². The molecule has 0 amide bonds. The maximum absolute atomic E-state index is 9.23. The van der Waals surface area contributed by atoms with Crippen molar-refractivity contribution in [3.63, 3.8) is 0 Å². The topological polar surface area (TPSA) is 48.9 Å². The van der Waals surface area contributed by atoms with Gasteiger partial charge in [0.1, 0.15) is 0 Å². The van der Waals surface area contributed by atoms with E-state index in [1.54, 1.807) is 0 Å². The number of aliphatic hydroxyl groups excluding tert-OH is 1. The van der Waals surface area contributed by atoms with Crippen molar-refractivity contribution < 1.29 is 5.11 Å². The number of benzene rings is 1. The van der Waals surface area contributed by atoms with E-state index >= 15 is 0 Å². The third kappa shape index (κ3) is 2.02. The highest BCUT2D eigenvalue weighted by molar-refractivity contribution is 5.81. The number of hydrogen-bond acceptors (Lipinski definition) is 2. The van der Waals surface area contributed by atoms with E-state index < -0.39 is 0 Å². The van der Waals surface area contributed by atoms with Crippen molar-refractivity contribution >= 4 is 10.9 Å². The van der Waals surface area contributed by atoms with E-state index in [0.29, 0.717) is 0 Å². The van der Waals surface area contributed by atoms with Crippen LogP contribution in [0, 0.1) is 5.41 Å². The first kappa shape index (κ1) is 10.2. The summed E-state index contributed by atoms with van der Waals surface area (Å²) >= 11 is 0. The molecule has 3 nitrogen and oxygen atoms in total. The number of aromatic amines is 1. The third-order valence-electron chi connectivity index (χ3n) is 2.62. The van der Waals surface area contributed by atoms with Gasteiger partial charge in [-0.3, -0.25) is 5.10 Å². The fourth-order valence-electron chi connectivity index (χ4n) is 1.68. The number of H-pyrrole nitrogens is 1. The molecule has 2 aromatic rings. The molecule has 0 saturated heterocycles. The van der Waals surface area contributed by atoms with E-state index in [1.807, 2.05) is 32.0 Å². The Labute approximate surface area is 89.1 Å². The summed E-state index contributed by atoms with van der Waals surface area (Å²) in [5, 5.41) is 17.7. The third-order valence-corrected chi connectivity index (χ3v) is 2.62. The van der Waals surface area contributed by atoms with Crippen molar-refractivity contribution in [2.75, 3.05) is 6.61 Å². The van der Waals surface area contributed by atoms with Gasteiger partial charge in [-0.25, -0.2) is 0 Å². The Balaban J connectivity index is 2.37. The molecule has 1 heterocycles. The first-order valence-corrected chi connectivity index (χ1v) is 5.15. The van der Waals surface area contributed by atoms with Gasteiger partial charge in [0.25, 0.3) is 0 Å². The fraction of sp³-hybridized carbons (Fsp3) is 0.417. The summed E-state index contributed by atoms with van der Waals surface area (Å²) < 4.78 is 0. The molecular weight excluding hydrogens is 188 g/mol. The Morgan fingerprint density at radius 1 is 1.33 bits per heavy atom. The minimum Gasteiger partial charge on any atom is -0.396 e. The summed E-state index contributed by atoms with van der Waals surface area (Å²) in [6.07, 6.45) is 0.810. The van der Waals surface area contributed by atoms with Gasteiger partial charge in [0.05, 0.1) is 5.52 Å². The van der Waals surface area contributed by atoms with Gasteiger partial charge < -0.3 is 5.11 Å².